The van der Waals surface area contributed by atoms with Gasteiger partial charge in [-0.1, -0.05) is 6.07 Å². The van der Waals surface area contributed by atoms with Gasteiger partial charge in [-0.3, -0.25) is 4.79 Å². The minimum absolute atomic E-state index is 0.141. The molecule has 4 aromatic rings. The summed E-state index contributed by atoms with van der Waals surface area (Å²) in [7, 11) is -1.55. The molecule has 1 saturated heterocycles. The second-order valence-electron chi connectivity index (χ2n) is 9.64. The quantitative estimate of drug-likeness (QED) is 0.435. The first-order valence-corrected chi connectivity index (χ1v) is 13.9. The van der Waals surface area contributed by atoms with Gasteiger partial charge in [-0.2, -0.15) is 9.29 Å². The number of sulfonamides is 1. The number of piperazine rings is 1. The lowest BCUT2D eigenvalue weighted by atomic mass is 10.1. The molecule has 1 aliphatic carbocycles. The van der Waals surface area contributed by atoms with E-state index in [-0.39, 0.29) is 10.3 Å². The summed E-state index contributed by atoms with van der Waals surface area (Å²) in [6.45, 7) is 2.40. The first-order chi connectivity index (χ1) is 17.9. The SMILES string of the molecule is CN1CCN(S(=O)(=O)c2ccc(Nc3ncc4c(=O)ccn(-c5ccc6c(c5)CCC6)c4n3)cc2)CC1. The zero-order chi connectivity index (χ0) is 25.6. The lowest BCUT2D eigenvalue weighted by Crippen LogP contribution is -2.46. The number of benzene rings is 2. The Morgan fingerprint density at radius 2 is 1.68 bits per heavy atom. The highest BCUT2D eigenvalue weighted by molar-refractivity contribution is 7.89. The van der Waals surface area contributed by atoms with E-state index in [0.717, 1.165) is 24.9 Å². The van der Waals surface area contributed by atoms with Crippen molar-refractivity contribution in [2.24, 2.45) is 0 Å². The van der Waals surface area contributed by atoms with E-state index >= 15 is 0 Å². The number of rotatable bonds is 5. The third-order valence-corrected chi connectivity index (χ3v) is 9.12. The van der Waals surface area contributed by atoms with Gasteiger partial charge in [0.2, 0.25) is 16.0 Å². The van der Waals surface area contributed by atoms with Gasteiger partial charge in [0.05, 0.1) is 10.3 Å². The fraction of sp³-hybridized carbons (Fsp3) is 0.296. The molecule has 2 aromatic heterocycles. The third kappa shape index (κ3) is 4.52. The first kappa shape index (κ1) is 23.8. The van der Waals surface area contributed by atoms with E-state index in [9.17, 15) is 13.2 Å². The predicted molar refractivity (Wildman–Crippen MR) is 143 cm³/mol. The van der Waals surface area contributed by atoms with E-state index in [2.05, 4.69) is 38.4 Å². The minimum Gasteiger partial charge on any atom is -0.324 e. The molecule has 0 atom stereocenters. The van der Waals surface area contributed by atoms with Gasteiger partial charge in [-0.15, -0.1) is 0 Å². The second kappa shape index (κ2) is 9.37. The van der Waals surface area contributed by atoms with E-state index in [0.29, 0.717) is 48.8 Å². The Morgan fingerprint density at radius 1 is 0.919 bits per heavy atom. The maximum absolute atomic E-state index is 13.0. The number of anilines is 2. The molecule has 0 amide bonds. The van der Waals surface area contributed by atoms with Gasteiger partial charge in [0.15, 0.2) is 11.1 Å². The molecule has 2 aromatic carbocycles. The van der Waals surface area contributed by atoms with Gasteiger partial charge in [0.1, 0.15) is 0 Å². The molecule has 0 unspecified atom stereocenters. The molecule has 0 bridgehead atoms. The fourth-order valence-corrected chi connectivity index (χ4v) is 6.45. The number of nitrogens with one attached hydrogen (secondary N) is 1. The summed E-state index contributed by atoms with van der Waals surface area (Å²) in [6, 6.07) is 14.5. The summed E-state index contributed by atoms with van der Waals surface area (Å²) < 4.78 is 29.5. The standard InChI is InChI=1S/C27H28N6O3S/c1-31-13-15-32(16-14-31)37(35,36)23-9-6-21(7-10-23)29-27-28-18-24-25(34)11-12-33(26(24)30-27)22-8-5-19-3-2-4-20(19)17-22/h5-12,17-18H,2-4,13-16H2,1H3,(H,28,29,30). The van der Waals surface area contributed by atoms with Gasteiger partial charge in [-0.05, 0) is 73.8 Å². The molecule has 9 nitrogen and oxygen atoms in total. The second-order valence-corrected chi connectivity index (χ2v) is 11.6. The maximum atomic E-state index is 13.0. The molecule has 1 N–H and O–H groups in total. The van der Waals surface area contributed by atoms with E-state index in [1.807, 2.05) is 11.6 Å². The number of fused-ring (bicyclic) bond motifs is 2. The van der Waals surface area contributed by atoms with Crippen LogP contribution in [0.5, 0.6) is 0 Å². The minimum atomic E-state index is -3.54. The van der Waals surface area contributed by atoms with Gasteiger partial charge >= 0.3 is 0 Å². The summed E-state index contributed by atoms with van der Waals surface area (Å²) in [5.41, 5.74) is 4.69. The summed E-state index contributed by atoms with van der Waals surface area (Å²) in [4.78, 5) is 23.9. The molecule has 6 rings (SSSR count). The highest BCUT2D eigenvalue weighted by Gasteiger charge is 2.27. The topological polar surface area (TPSA) is 100 Å². The molecule has 37 heavy (non-hydrogen) atoms. The van der Waals surface area contributed by atoms with Crippen LogP contribution in [0.1, 0.15) is 17.5 Å². The Labute approximate surface area is 215 Å². The van der Waals surface area contributed by atoms with Crippen molar-refractivity contribution >= 4 is 32.7 Å². The highest BCUT2D eigenvalue weighted by atomic mass is 32.2. The summed E-state index contributed by atoms with van der Waals surface area (Å²) in [5, 5.41) is 3.58. The van der Waals surface area contributed by atoms with Crippen molar-refractivity contribution in [3.05, 3.63) is 82.3 Å². The van der Waals surface area contributed by atoms with Crippen LogP contribution in [0.3, 0.4) is 0 Å². The number of pyridine rings is 1. The van der Waals surface area contributed by atoms with Crippen LogP contribution >= 0.6 is 0 Å². The van der Waals surface area contributed by atoms with Crippen LogP contribution in [-0.2, 0) is 22.9 Å². The summed E-state index contributed by atoms with van der Waals surface area (Å²) >= 11 is 0. The van der Waals surface area contributed by atoms with Crippen LogP contribution < -0.4 is 10.7 Å². The van der Waals surface area contributed by atoms with Crippen molar-refractivity contribution in [3.8, 4) is 5.69 Å². The number of hydrogen-bond donors (Lipinski definition) is 1. The molecular formula is C27H28N6O3S. The number of likely N-dealkylation sites (N-methyl/N-ethyl adjacent to an activating group) is 1. The Morgan fingerprint density at radius 3 is 2.46 bits per heavy atom. The summed E-state index contributed by atoms with van der Waals surface area (Å²) in [5.74, 6) is 0.322. The lowest BCUT2D eigenvalue weighted by molar-refractivity contribution is 0.222. The van der Waals surface area contributed by atoms with Gasteiger partial charge in [0, 0.05) is 56.0 Å². The summed E-state index contributed by atoms with van der Waals surface area (Å²) in [6.07, 6.45) is 6.60. The fourth-order valence-electron chi connectivity index (χ4n) is 5.03. The normalized spacial score (nSPS) is 16.7. The number of aromatic nitrogens is 3. The zero-order valence-corrected chi connectivity index (χ0v) is 21.4. The molecule has 0 radical (unpaired) electrons. The Balaban J connectivity index is 1.28. The Hall–Kier alpha value is -3.60. The van der Waals surface area contributed by atoms with Crippen LogP contribution in [-0.4, -0.2) is 65.4 Å². The third-order valence-electron chi connectivity index (χ3n) is 7.21. The van der Waals surface area contributed by atoms with Crippen molar-refractivity contribution in [1.29, 1.82) is 0 Å². The molecule has 10 heteroatoms. The largest absolute Gasteiger partial charge is 0.324 e. The molecule has 0 spiro atoms. The van der Waals surface area contributed by atoms with E-state index in [1.54, 1.807) is 30.5 Å². The number of aryl methyl sites for hydroxylation is 2. The zero-order valence-electron chi connectivity index (χ0n) is 20.6. The van der Waals surface area contributed by atoms with E-state index < -0.39 is 10.0 Å². The Bertz CT molecular complexity index is 1640. The molecule has 2 aliphatic rings. The van der Waals surface area contributed by atoms with Crippen LogP contribution in [0.2, 0.25) is 0 Å². The average molecular weight is 517 g/mol. The molecule has 0 saturated carbocycles. The van der Waals surface area contributed by atoms with Crippen LogP contribution in [0, 0.1) is 0 Å². The predicted octanol–water partition coefficient (Wildman–Crippen LogP) is 2.95. The van der Waals surface area contributed by atoms with Gasteiger partial charge in [0.25, 0.3) is 0 Å². The highest BCUT2D eigenvalue weighted by Crippen LogP contribution is 2.26. The van der Waals surface area contributed by atoms with Crippen LogP contribution in [0.25, 0.3) is 16.7 Å². The van der Waals surface area contributed by atoms with Gasteiger partial charge < -0.3 is 14.8 Å². The average Bonchev–Trinajstić information content (AvgIpc) is 3.38. The number of nitrogens with zero attached hydrogens (tertiary/aromatic N) is 5. The van der Waals surface area contributed by atoms with Gasteiger partial charge in [-0.25, -0.2) is 13.4 Å². The van der Waals surface area contributed by atoms with Crippen LogP contribution in [0.4, 0.5) is 11.6 Å². The molecule has 3 heterocycles. The van der Waals surface area contributed by atoms with Crippen molar-refractivity contribution < 1.29 is 8.42 Å². The molecule has 1 aliphatic heterocycles. The first-order valence-electron chi connectivity index (χ1n) is 12.4. The lowest BCUT2D eigenvalue weighted by Gasteiger charge is -2.31. The maximum Gasteiger partial charge on any atom is 0.243 e. The Kier molecular flexibility index (Phi) is 6.02. The smallest absolute Gasteiger partial charge is 0.243 e. The van der Waals surface area contributed by atoms with E-state index in [4.69, 9.17) is 0 Å². The molecule has 1 fully saturated rings. The van der Waals surface area contributed by atoms with Crippen molar-refractivity contribution in [3.63, 3.8) is 0 Å². The molecular weight excluding hydrogens is 488 g/mol. The molecule has 190 valence electrons. The van der Waals surface area contributed by atoms with E-state index in [1.165, 1.54) is 27.7 Å². The monoisotopic (exact) mass is 516 g/mol. The van der Waals surface area contributed by atoms with Crippen molar-refractivity contribution in [2.45, 2.75) is 24.2 Å². The van der Waals surface area contributed by atoms with Crippen molar-refractivity contribution in [1.82, 2.24) is 23.7 Å². The van der Waals surface area contributed by atoms with Crippen LogP contribution in [0.15, 0.2) is 70.6 Å². The number of hydrogen-bond acceptors (Lipinski definition) is 7. The van der Waals surface area contributed by atoms with Crippen molar-refractivity contribution in [2.75, 3.05) is 38.5 Å².